The smallest absolute Gasteiger partial charge is 0.209 e. The van der Waals surface area contributed by atoms with Crippen LogP contribution in [0.4, 0.5) is 10.8 Å². The van der Waals surface area contributed by atoms with Crippen molar-refractivity contribution in [1.82, 2.24) is 9.78 Å². The van der Waals surface area contributed by atoms with Crippen molar-refractivity contribution in [2.45, 2.75) is 45.4 Å². The van der Waals surface area contributed by atoms with E-state index >= 15 is 0 Å². The molecular weight excluding hydrogens is 340 g/mol. The van der Waals surface area contributed by atoms with Crippen LogP contribution in [0.15, 0.2) is 24.3 Å². The fraction of sp³-hybridized carbons (Fsp3) is 0.529. The van der Waals surface area contributed by atoms with Crippen LogP contribution in [-0.2, 0) is 6.67 Å². The van der Waals surface area contributed by atoms with Crippen molar-refractivity contribution in [2.75, 3.05) is 18.4 Å². The third-order valence-corrected chi connectivity index (χ3v) is 5.62. The molecule has 0 bridgehead atoms. The Bertz CT molecular complexity index is 723. The lowest BCUT2D eigenvalue weighted by Crippen LogP contribution is -3.13. The molecule has 2 atom stereocenters. The molecule has 130 valence electrons. The Morgan fingerprint density at radius 3 is 2.83 bits per heavy atom. The molecule has 0 amide bonds. The SMILES string of the molecule is CC(C)c1ccc(Nc2nn(C[NH+]3CCC[C@H](O)C3)c(=S)s2)cc1. The monoisotopic (exact) mass is 365 g/mol. The number of rotatable bonds is 5. The topological polar surface area (TPSA) is 54.5 Å². The molecule has 0 aliphatic carbocycles. The van der Waals surface area contributed by atoms with E-state index in [2.05, 4.69) is 48.5 Å². The molecule has 0 spiro atoms. The Morgan fingerprint density at radius 1 is 1.42 bits per heavy atom. The number of likely N-dealkylation sites (tertiary alicyclic amines) is 1. The first-order chi connectivity index (χ1) is 11.5. The first-order valence-electron chi connectivity index (χ1n) is 8.48. The molecular formula is C17H25N4OS2+. The average Bonchev–Trinajstić information content (AvgIpc) is 2.87. The van der Waals surface area contributed by atoms with E-state index in [0.717, 1.165) is 47.4 Å². The first-order valence-corrected chi connectivity index (χ1v) is 9.70. The van der Waals surface area contributed by atoms with Gasteiger partial charge in [0.25, 0.3) is 0 Å². The summed E-state index contributed by atoms with van der Waals surface area (Å²) in [7, 11) is 0. The molecule has 1 aliphatic heterocycles. The average molecular weight is 366 g/mol. The van der Waals surface area contributed by atoms with Crippen LogP contribution >= 0.6 is 23.6 Å². The number of hydrogen-bond donors (Lipinski definition) is 3. The van der Waals surface area contributed by atoms with Crippen molar-refractivity contribution in [2.24, 2.45) is 0 Å². The van der Waals surface area contributed by atoms with Gasteiger partial charge in [0.15, 0.2) is 10.6 Å². The minimum atomic E-state index is -0.196. The third kappa shape index (κ3) is 4.42. The summed E-state index contributed by atoms with van der Waals surface area (Å²) >= 11 is 6.93. The molecule has 2 aromatic rings. The number of nitrogens with zero attached hydrogens (tertiary/aromatic N) is 2. The van der Waals surface area contributed by atoms with Gasteiger partial charge in [-0.1, -0.05) is 37.3 Å². The van der Waals surface area contributed by atoms with Crippen molar-refractivity contribution in [3.8, 4) is 0 Å². The maximum Gasteiger partial charge on any atom is 0.209 e. The minimum absolute atomic E-state index is 0.196. The number of aromatic nitrogens is 2. The molecule has 3 rings (SSSR count). The summed E-state index contributed by atoms with van der Waals surface area (Å²) in [5, 5.41) is 18.6. The van der Waals surface area contributed by atoms with E-state index in [4.69, 9.17) is 12.2 Å². The van der Waals surface area contributed by atoms with Gasteiger partial charge in [0.2, 0.25) is 5.13 Å². The van der Waals surface area contributed by atoms with E-state index in [0.29, 0.717) is 5.92 Å². The number of aliphatic hydroxyl groups is 1. The zero-order chi connectivity index (χ0) is 17.1. The van der Waals surface area contributed by atoms with Crippen LogP contribution in [0.25, 0.3) is 0 Å². The largest absolute Gasteiger partial charge is 0.387 e. The molecule has 7 heteroatoms. The van der Waals surface area contributed by atoms with Crippen molar-refractivity contribution in [1.29, 1.82) is 0 Å². The van der Waals surface area contributed by atoms with Crippen LogP contribution in [0.1, 0.15) is 38.2 Å². The van der Waals surface area contributed by atoms with Crippen LogP contribution < -0.4 is 10.2 Å². The highest BCUT2D eigenvalue weighted by Gasteiger charge is 2.22. The van der Waals surface area contributed by atoms with Crippen molar-refractivity contribution in [3.63, 3.8) is 0 Å². The molecule has 1 aliphatic rings. The minimum Gasteiger partial charge on any atom is -0.387 e. The van der Waals surface area contributed by atoms with Crippen molar-refractivity contribution >= 4 is 34.4 Å². The second-order valence-electron chi connectivity index (χ2n) is 6.73. The molecule has 3 N–H and O–H groups in total. The molecule has 1 fully saturated rings. The van der Waals surface area contributed by atoms with Crippen LogP contribution in [0, 0.1) is 3.95 Å². The van der Waals surface area contributed by atoms with Crippen molar-refractivity contribution in [3.05, 3.63) is 33.8 Å². The number of quaternary nitrogens is 1. The molecule has 5 nitrogen and oxygen atoms in total. The molecule has 1 saturated heterocycles. The second kappa shape index (κ2) is 7.74. The summed E-state index contributed by atoms with van der Waals surface area (Å²) in [5.74, 6) is 0.531. The van der Waals surface area contributed by atoms with Gasteiger partial charge in [0.1, 0.15) is 12.6 Å². The number of anilines is 2. The predicted molar refractivity (Wildman–Crippen MR) is 101 cm³/mol. The summed E-state index contributed by atoms with van der Waals surface area (Å²) < 4.78 is 2.64. The fourth-order valence-electron chi connectivity index (χ4n) is 3.01. The normalized spacial score (nSPS) is 21.2. The highest BCUT2D eigenvalue weighted by atomic mass is 32.1. The number of hydrogen-bond acceptors (Lipinski definition) is 5. The third-order valence-electron chi connectivity index (χ3n) is 4.40. The zero-order valence-electron chi connectivity index (χ0n) is 14.2. The van der Waals surface area contributed by atoms with E-state index in [1.165, 1.54) is 21.8 Å². The van der Waals surface area contributed by atoms with Crippen LogP contribution in [-0.4, -0.2) is 34.1 Å². The lowest BCUT2D eigenvalue weighted by atomic mass is 10.0. The quantitative estimate of drug-likeness (QED) is 0.713. The van der Waals surface area contributed by atoms with E-state index in [1.807, 2.05) is 4.68 Å². The molecule has 2 heterocycles. The number of nitrogens with one attached hydrogen (secondary N) is 2. The van der Waals surface area contributed by atoms with Gasteiger partial charge in [-0.3, -0.25) is 0 Å². The van der Waals surface area contributed by atoms with Gasteiger partial charge in [-0.2, -0.15) is 4.68 Å². The number of benzene rings is 1. The molecule has 1 aromatic heterocycles. The van der Waals surface area contributed by atoms with Gasteiger partial charge in [-0.25, -0.2) is 0 Å². The number of aliphatic hydroxyl groups excluding tert-OH is 1. The summed E-state index contributed by atoms with van der Waals surface area (Å²) in [5.41, 5.74) is 2.35. The van der Waals surface area contributed by atoms with Crippen LogP contribution in [0.5, 0.6) is 0 Å². The summed E-state index contributed by atoms with van der Waals surface area (Å²) in [6.07, 6.45) is 1.77. The van der Waals surface area contributed by atoms with E-state index < -0.39 is 0 Å². The Morgan fingerprint density at radius 2 is 2.17 bits per heavy atom. The molecule has 1 aromatic carbocycles. The Labute approximate surface area is 151 Å². The van der Waals surface area contributed by atoms with Gasteiger partial charge in [0, 0.05) is 5.69 Å². The molecule has 24 heavy (non-hydrogen) atoms. The maximum atomic E-state index is 9.80. The Hall–Kier alpha value is -1.28. The second-order valence-corrected chi connectivity index (χ2v) is 8.36. The molecule has 1 unspecified atom stereocenters. The van der Waals surface area contributed by atoms with Gasteiger partial charge < -0.3 is 15.3 Å². The lowest BCUT2D eigenvalue weighted by Gasteiger charge is -2.26. The predicted octanol–water partition coefficient (Wildman–Crippen LogP) is 2.54. The molecule has 0 radical (unpaired) electrons. The van der Waals surface area contributed by atoms with Gasteiger partial charge in [-0.15, -0.1) is 5.10 Å². The highest BCUT2D eigenvalue weighted by Crippen LogP contribution is 2.22. The number of piperidine rings is 1. The summed E-state index contributed by atoms with van der Waals surface area (Å²) in [6, 6.07) is 8.44. The van der Waals surface area contributed by atoms with Crippen LogP contribution in [0.2, 0.25) is 0 Å². The van der Waals surface area contributed by atoms with E-state index in [1.54, 1.807) is 0 Å². The van der Waals surface area contributed by atoms with E-state index in [-0.39, 0.29) is 6.10 Å². The first kappa shape index (κ1) is 17.5. The van der Waals surface area contributed by atoms with Crippen molar-refractivity contribution < 1.29 is 10.0 Å². The maximum absolute atomic E-state index is 9.80. The lowest BCUT2D eigenvalue weighted by molar-refractivity contribution is -0.931. The van der Waals surface area contributed by atoms with Gasteiger partial charge in [0.05, 0.1) is 6.54 Å². The fourth-order valence-corrected chi connectivity index (χ4v) is 4.04. The Balaban J connectivity index is 1.66. The van der Waals surface area contributed by atoms with Crippen LogP contribution in [0.3, 0.4) is 0 Å². The van der Waals surface area contributed by atoms with Gasteiger partial charge >= 0.3 is 0 Å². The highest BCUT2D eigenvalue weighted by molar-refractivity contribution is 7.73. The standard InChI is InChI=1S/C17H24N4OS2/c1-12(2)13-5-7-14(8-6-13)18-16-19-21(17(23)24-16)11-20-9-3-4-15(22)10-20/h5-8,12,15,22H,3-4,9-11H2,1-2H3,(H,18,19)/p+1/t15-/m0/s1. The molecule has 0 saturated carbocycles. The van der Waals surface area contributed by atoms with E-state index in [9.17, 15) is 5.11 Å². The zero-order valence-corrected chi connectivity index (χ0v) is 15.8. The van der Waals surface area contributed by atoms with Gasteiger partial charge in [-0.05, 0) is 48.7 Å². The summed E-state index contributed by atoms with van der Waals surface area (Å²) in [4.78, 5) is 1.34. The Kier molecular flexibility index (Phi) is 5.65. The summed E-state index contributed by atoms with van der Waals surface area (Å²) in [6.45, 7) is 6.94.